The molecule has 1 amide bonds. The van der Waals surface area contributed by atoms with Crippen molar-refractivity contribution in [3.05, 3.63) is 38.9 Å². The van der Waals surface area contributed by atoms with Crippen molar-refractivity contribution in [1.29, 1.82) is 0 Å². The van der Waals surface area contributed by atoms with Gasteiger partial charge in [0, 0.05) is 24.7 Å². The predicted molar refractivity (Wildman–Crippen MR) is 84.1 cm³/mol. The number of hydrogen-bond donors (Lipinski definition) is 0. The minimum absolute atomic E-state index is 0.0625. The zero-order chi connectivity index (χ0) is 15.7. The molecule has 0 aromatic heterocycles. The number of nitro groups is 1. The van der Waals surface area contributed by atoms with Crippen LogP contribution in [0.4, 0.5) is 5.69 Å². The summed E-state index contributed by atoms with van der Waals surface area (Å²) in [5, 5.41) is 11.0. The highest BCUT2D eigenvalue weighted by molar-refractivity contribution is 6.32. The number of nitro benzene ring substituents is 1. The number of rotatable bonds is 2. The van der Waals surface area contributed by atoms with Crippen LogP contribution in [-0.2, 0) is 0 Å². The van der Waals surface area contributed by atoms with Crippen LogP contribution in [0.1, 0.15) is 42.5 Å². The molecule has 1 heterocycles. The Morgan fingerprint density at radius 3 is 2.68 bits per heavy atom. The van der Waals surface area contributed by atoms with E-state index in [0.717, 1.165) is 25.4 Å². The van der Waals surface area contributed by atoms with E-state index in [-0.39, 0.29) is 16.6 Å². The summed E-state index contributed by atoms with van der Waals surface area (Å²) in [6.45, 7) is 1.52. The average Bonchev–Trinajstić information content (AvgIpc) is 2.54. The second-order valence-corrected chi connectivity index (χ2v) is 6.67. The number of amides is 1. The lowest BCUT2D eigenvalue weighted by Gasteiger charge is -2.41. The van der Waals surface area contributed by atoms with Gasteiger partial charge in [-0.2, -0.15) is 0 Å². The molecular formula is C16H19ClN2O3. The summed E-state index contributed by atoms with van der Waals surface area (Å²) < 4.78 is 0. The molecule has 118 valence electrons. The molecular weight excluding hydrogens is 304 g/mol. The molecule has 6 heteroatoms. The van der Waals surface area contributed by atoms with Crippen molar-refractivity contribution >= 4 is 23.2 Å². The number of piperidine rings is 1. The Morgan fingerprint density at radius 2 is 1.95 bits per heavy atom. The summed E-state index contributed by atoms with van der Waals surface area (Å²) >= 11 is 5.81. The third-order valence-corrected chi connectivity index (χ3v) is 5.29. The summed E-state index contributed by atoms with van der Waals surface area (Å²) in [4.78, 5) is 24.9. The van der Waals surface area contributed by atoms with Crippen LogP contribution in [0.5, 0.6) is 0 Å². The molecule has 22 heavy (non-hydrogen) atoms. The second kappa shape index (κ2) is 6.24. The first-order valence-corrected chi connectivity index (χ1v) is 8.17. The molecule has 1 saturated heterocycles. The zero-order valence-electron chi connectivity index (χ0n) is 12.3. The Hall–Kier alpha value is -1.62. The molecule has 2 atom stereocenters. The Labute approximate surface area is 134 Å². The fraction of sp³-hybridized carbons (Fsp3) is 0.562. The van der Waals surface area contributed by atoms with Crippen molar-refractivity contribution < 1.29 is 9.72 Å². The van der Waals surface area contributed by atoms with Crippen LogP contribution in [0.25, 0.3) is 0 Å². The third-order valence-electron chi connectivity index (χ3n) is 4.97. The van der Waals surface area contributed by atoms with Gasteiger partial charge in [0.1, 0.15) is 5.02 Å². The monoisotopic (exact) mass is 322 g/mol. The quantitative estimate of drug-likeness (QED) is 0.612. The molecule has 2 aliphatic rings. The van der Waals surface area contributed by atoms with E-state index in [1.807, 2.05) is 4.90 Å². The van der Waals surface area contributed by atoms with Crippen LogP contribution in [0.15, 0.2) is 18.2 Å². The maximum absolute atomic E-state index is 12.6. The Kier molecular flexibility index (Phi) is 4.34. The van der Waals surface area contributed by atoms with E-state index in [9.17, 15) is 14.9 Å². The largest absolute Gasteiger partial charge is 0.338 e. The van der Waals surface area contributed by atoms with Gasteiger partial charge in [-0.25, -0.2) is 0 Å². The predicted octanol–water partition coefficient (Wildman–Crippen LogP) is 3.90. The van der Waals surface area contributed by atoms with Crippen LogP contribution >= 0.6 is 11.6 Å². The molecule has 1 aromatic rings. The highest BCUT2D eigenvalue weighted by atomic mass is 35.5. The van der Waals surface area contributed by atoms with Gasteiger partial charge < -0.3 is 4.90 Å². The maximum Gasteiger partial charge on any atom is 0.288 e. The fourth-order valence-corrected chi connectivity index (χ4v) is 3.94. The molecule has 0 N–H and O–H groups in total. The third kappa shape index (κ3) is 2.95. The molecule has 0 radical (unpaired) electrons. The number of likely N-dealkylation sites (tertiary alicyclic amines) is 1. The fourth-order valence-electron chi connectivity index (χ4n) is 3.75. The van der Waals surface area contributed by atoms with Gasteiger partial charge in [0.05, 0.1) is 4.92 Å². The number of nitrogens with zero attached hydrogens (tertiary/aromatic N) is 2. The first kappa shape index (κ1) is 15.3. The van der Waals surface area contributed by atoms with Crippen molar-refractivity contribution in [2.45, 2.75) is 32.1 Å². The Morgan fingerprint density at radius 1 is 1.23 bits per heavy atom. The molecule has 5 nitrogen and oxygen atoms in total. The number of benzene rings is 1. The van der Waals surface area contributed by atoms with Crippen molar-refractivity contribution in [3.63, 3.8) is 0 Å². The minimum atomic E-state index is -0.549. The highest BCUT2D eigenvalue weighted by Crippen LogP contribution is 2.36. The Balaban J connectivity index is 1.76. The molecule has 1 aliphatic carbocycles. The van der Waals surface area contributed by atoms with E-state index in [1.54, 1.807) is 6.07 Å². The van der Waals surface area contributed by atoms with Crippen LogP contribution < -0.4 is 0 Å². The van der Waals surface area contributed by atoms with Gasteiger partial charge >= 0.3 is 0 Å². The molecule has 0 bridgehead atoms. The smallest absolute Gasteiger partial charge is 0.288 e. The second-order valence-electron chi connectivity index (χ2n) is 6.27. The zero-order valence-corrected chi connectivity index (χ0v) is 13.1. The summed E-state index contributed by atoms with van der Waals surface area (Å²) in [5.41, 5.74) is 0.144. The standard InChI is InChI=1S/C16H19ClN2O3/c17-14-6-5-12(9-15(14)19(21)22)16(20)18-8-7-11-3-1-2-4-13(11)10-18/h5-6,9,11,13H,1-4,7-8,10H2/t11-,13+/m1/s1. The maximum atomic E-state index is 12.6. The van der Waals surface area contributed by atoms with E-state index in [2.05, 4.69) is 0 Å². The van der Waals surface area contributed by atoms with E-state index in [0.29, 0.717) is 11.5 Å². The summed E-state index contributed by atoms with van der Waals surface area (Å²) in [6.07, 6.45) is 6.06. The molecule has 1 aliphatic heterocycles. The van der Waals surface area contributed by atoms with Crippen LogP contribution in [0.3, 0.4) is 0 Å². The Bertz CT molecular complexity index is 605. The van der Waals surface area contributed by atoms with Crippen LogP contribution in [0, 0.1) is 22.0 Å². The van der Waals surface area contributed by atoms with Crippen LogP contribution in [-0.4, -0.2) is 28.8 Å². The lowest BCUT2D eigenvalue weighted by atomic mass is 9.75. The number of carbonyl (C=O) groups excluding carboxylic acids is 1. The SMILES string of the molecule is O=C(c1ccc(Cl)c([N+](=O)[O-])c1)N1CC[C@H]2CCCC[C@H]2C1. The van der Waals surface area contributed by atoms with E-state index >= 15 is 0 Å². The van der Waals surface area contributed by atoms with Crippen LogP contribution in [0.2, 0.25) is 5.02 Å². The normalized spacial score (nSPS) is 24.7. The lowest BCUT2D eigenvalue weighted by molar-refractivity contribution is -0.384. The van der Waals surface area contributed by atoms with Gasteiger partial charge in [0.2, 0.25) is 0 Å². The van der Waals surface area contributed by atoms with Gasteiger partial charge in [-0.15, -0.1) is 0 Å². The van der Waals surface area contributed by atoms with Gasteiger partial charge in [0.15, 0.2) is 0 Å². The van der Waals surface area contributed by atoms with Gasteiger partial charge in [-0.05, 0) is 36.8 Å². The van der Waals surface area contributed by atoms with E-state index in [4.69, 9.17) is 11.6 Å². The topological polar surface area (TPSA) is 63.4 Å². The first-order valence-electron chi connectivity index (χ1n) is 7.79. The summed E-state index contributed by atoms with van der Waals surface area (Å²) in [6, 6.07) is 4.29. The van der Waals surface area contributed by atoms with Crippen molar-refractivity contribution in [3.8, 4) is 0 Å². The molecule has 0 spiro atoms. The number of halogens is 1. The molecule has 3 rings (SSSR count). The van der Waals surface area contributed by atoms with Crippen molar-refractivity contribution in [1.82, 2.24) is 4.90 Å². The highest BCUT2D eigenvalue weighted by Gasteiger charge is 2.33. The van der Waals surface area contributed by atoms with Crippen molar-refractivity contribution in [2.75, 3.05) is 13.1 Å². The van der Waals surface area contributed by atoms with Crippen molar-refractivity contribution in [2.24, 2.45) is 11.8 Å². The van der Waals surface area contributed by atoms with Gasteiger partial charge in [0.25, 0.3) is 11.6 Å². The molecule has 1 saturated carbocycles. The summed E-state index contributed by atoms with van der Waals surface area (Å²) in [5.74, 6) is 1.22. The number of fused-ring (bicyclic) bond motifs is 1. The molecule has 2 fully saturated rings. The lowest BCUT2D eigenvalue weighted by Crippen LogP contribution is -2.44. The number of hydrogen-bond acceptors (Lipinski definition) is 3. The average molecular weight is 323 g/mol. The van der Waals surface area contributed by atoms with Gasteiger partial charge in [-0.3, -0.25) is 14.9 Å². The number of carbonyl (C=O) groups is 1. The molecule has 1 aromatic carbocycles. The first-order chi connectivity index (χ1) is 10.6. The van der Waals surface area contributed by atoms with Gasteiger partial charge in [-0.1, -0.05) is 30.9 Å². The van der Waals surface area contributed by atoms with E-state index < -0.39 is 4.92 Å². The minimum Gasteiger partial charge on any atom is -0.338 e. The summed E-state index contributed by atoms with van der Waals surface area (Å²) in [7, 11) is 0. The molecule has 0 unspecified atom stereocenters. The van der Waals surface area contributed by atoms with E-state index in [1.165, 1.54) is 37.8 Å².